The van der Waals surface area contributed by atoms with E-state index in [2.05, 4.69) is 15.6 Å². The van der Waals surface area contributed by atoms with Crippen LogP contribution in [0.5, 0.6) is 5.75 Å². The first-order valence-corrected chi connectivity index (χ1v) is 10.4. The van der Waals surface area contributed by atoms with Crippen LogP contribution < -0.4 is 20.3 Å². The average molecular weight is 442 g/mol. The summed E-state index contributed by atoms with van der Waals surface area (Å²) in [5.74, 6) is 0.247. The number of amides is 1. The van der Waals surface area contributed by atoms with Gasteiger partial charge in [0.25, 0.3) is 0 Å². The minimum atomic E-state index is -0.541. The van der Waals surface area contributed by atoms with Crippen LogP contribution in [0.15, 0.2) is 94.8 Å². The molecular weight excluding hydrogens is 418 g/mol. The molecule has 0 spiro atoms. The smallest absolute Gasteiger partial charge is 0.432 e. The van der Waals surface area contributed by atoms with E-state index in [4.69, 9.17) is 4.74 Å². The summed E-state index contributed by atoms with van der Waals surface area (Å²) in [6, 6.07) is 26.3. The van der Waals surface area contributed by atoms with Gasteiger partial charge < -0.3 is 10.1 Å². The standard InChI is InChI=1S/C25H23N5O3/c1-33-22-14-12-20(13-15-22)17-27-30-25(32)23(24(31)26-16-19-8-4-2-5-9-19)29(28-30)18-21-10-6-3-7-11-21/h2-15,17H,16,18H2,1H3,(H-,26,28,31,32)/p+1/b27-17+. The van der Waals surface area contributed by atoms with Crippen molar-refractivity contribution in [1.82, 2.24) is 15.3 Å². The Morgan fingerprint density at radius 1 is 1.00 bits per heavy atom. The summed E-state index contributed by atoms with van der Waals surface area (Å²) < 4.78 is 6.66. The Labute approximate surface area is 190 Å². The fourth-order valence-electron chi connectivity index (χ4n) is 3.28. The number of benzene rings is 3. The van der Waals surface area contributed by atoms with Gasteiger partial charge in [-0.1, -0.05) is 71.0 Å². The van der Waals surface area contributed by atoms with Gasteiger partial charge in [0, 0.05) is 11.3 Å². The average Bonchev–Trinajstić information content (AvgIpc) is 3.17. The first-order valence-electron chi connectivity index (χ1n) is 10.4. The molecular formula is C25H24N5O3+. The van der Waals surface area contributed by atoms with Crippen molar-refractivity contribution in [3.8, 4) is 5.75 Å². The molecule has 0 aliphatic heterocycles. The van der Waals surface area contributed by atoms with Crippen molar-refractivity contribution in [2.24, 2.45) is 5.10 Å². The molecule has 166 valence electrons. The van der Waals surface area contributed by atoms with E-state index in [1.807, 2.05) is 72.8 Å². The summed E-state index contributed by atoms with van der Waals surface area (Å²) >= 11 is 0. The predicted octanol–water partition coefficient (Wildman–Crippen LogP) is 2.33. The second-order valence-corrected chi connectivity index (χ2v) is 7.32. The number of aromatic amines is 1. The van der Waals surface area contributed by atoms with Gasteiger partial charge >= 0.3 is 17.2 Å². The number of rotatable bonds is 8. The zero-order valence-corrected chi connectivity index (χ0v) is 18.1. The molecule has 1 amide bonds. The summed E-state index contributed by atoms with van der Waals surface area (Å²) in [6.07, 6.45) is 1.54. The Bertz CT molecular complexity index is 1290. The van der Waals surface area contributed by atoms with Crippen LogP contribution in [0.2, 0.25) is 0 Å². The highest BCUT2D eigenvalue weighted by molar-refractivity contribution is 5.90. The third kappa shape index (κ3) is 5.43. The summed E-state index contributed by atoms with van der Waals surface area (Å²) in [7, 11) is 1.59. The summed E-state index contributed by atoms with van der Waals surface area (Å²) in [5, 5.41) is 9.97. The number of H-pyrrole nitrogens is 1. The molecule has 8 heteroatoms. The number of aromatic nitrogens is 3. The molecule has 0 saturated heterocycles. The Morgan fingerprint density at radius 2 is 1.64 bits per heavy atom. The molecule has 3 aromatic carbocycles. The van der Waals surface area contributed by atoms with Gasteiger partial charge in [-0.05, 0) is 41.0 Å². The van der Waals surface area contributed by atoms with Crippen molar-refractivity contribution in [2.45, 2.75) is 13.1 Å². The lowest BCUT2D eigenvalue weighted by Gasteiger charge is -2.03. The Kier molecular flexibility index (Phi) is 6.75. The van der Waals surface area contributed by atoms with E-state index in [0.29, 0.717) is 13.1 Å². The molecule has 4 rings (SSSR count). The number of carbonyl (C=O) groups is 1. The molecule has 4 aromatic rings. The third-order valence-corrected chi connectivity index (χ3v) is 5.01. The maximum absolute atomic E-state index is 13.1. The number of hydrogen-bond acceptors (Lipinski definition) is 4. The van der Waals surface area contributed by atoms with Crippen LogP contribution in [-0.4, -0.2) is 29.2 Å². The summed E-state index contributed by atoms with van der Waals surface area (Å²) in [4.78, 5) is 27.1. The maximum Gasteiger partial charge on any atom is 0.432 e. The Hall–Kier alpha value is -4.46. The van der Waals surface area contributed by atoms with E-state index in [1.54, 1.807) is 19.2 Å². The number of hydrogen-bond donors (Lipinski definition) is 2. The van der Waals surface area contributed by atoms with Crippen molar-refractivity contribution < 1.29 is 14.2 Å². The molecule has 0 saturated carbocycles. The van der Waals surface area contributed by atoms with Crippen LogP contribution in [0.4, 0.5) is 0 Å². The van der Waals surface area contributed by atoms with E-state index in [1.165, 1.54) is 10.9 Å². The number of nitrogens with one attached hydrogen (secondary N) is 2. The zero-order chi connectivity index (χ0) is 23.0. The van der Waals surface area contributed by atoms with Gasteiger partial charge in [-0.25, -0.2) is 4.79 Å². The van der Waals surface area contributed by atoms with Crippen molar-refractivity contribution in [3.05, 3.63) is 118 Å². The van der Waals surface area contributed by atoms with Crippen LogP contribution in [0.3, 0.4) is 0 Å². The number of ether oxygens (including phenoxy) is 1. The summed E-state index contributed by atoms with van der Waals surface area (Å²) in [5.41, 5.74) is 2.09. The van der Waals surface area contributed by atoms with Crippen LogP contribution in [0.1, 0.15) is 27.2 Å². The fourth-order valence-corrected chi connectivity index (χ4v) is 3.28. The van der Waals surface area contributed by atoms with E-state index >= 15 is 0 Å². The lowest BCUT2D eigenvalue weighted by molar-refractivity contribution is -0.749. The second-order valence-electron chi connectivity index (χ2n) is 7.32. The lowest BCUT2D eigenvalue weighted by atomic mass is 10.2. The van der Waals surface area contributed by atoms with Crippen LogP contribution >= 0.6 is 0 Å². The fraction of sp³-hybridized carbons (Fsp3) is 0.120. The first kappa shape index (κ1) is 21.8. The molecule has 0 atom stereocenters. The maximum atomic E-state index is 13.1. The van der Waals surface area contributed by atoms with Gasteiger partial charge in [-0.3, -0.25) is 4.79 Å². The molecule has 2 N–H and O–H groups in total. The highest BCUT2D eigenvalue weighted by atomic mass is 16.5. The molecule has 0 unspecified atom stereocenters. The van der Waals surface area contributed by atoms with Gasteiger partial charge in [0.15, 0.2) is 0 Å². The van der Waals surface area contributed by atoms with Gasteiger partial charge in [0.1, 0.15) is 12.3 Å². The molecule has 0 aliphatic rings. The van der Waals surface area contributed by atoms with Crippen molar-refractivity contribution >= 4 is 12.1 Å². The minimum Gasteiger partial charge on any atom is -0.497 e. The highest BCUT2D eigenvalue weighted by Gasteiger charge is 2.28. The highest BCUT2D eigenvalue weighted by Crippen LogP contribution is 2.09. The van der Waals surface area contributed by atoms with Gasteiger partial charge in [-0.15, -0.1) is 4.68 Å². The van der Waals surface area contributed by atoms with E-state index in [9.17, 15) is 9.59 Å². The van der Waals surface area contributed by atoms with Gasteiger partial charge in [-0.2, -0.15) is 0 Å². The van der Waals surface area contributed by atoms with Crippen LogP contribution in [0.25, 0.3) is 0 Å². The topological polar surface area (TPSA) is 92.4 Å². The molecule has 1 aromatic heterocycles. The molecule has 0 aliphatic carbocycles. The predicted molar refractivity (Wildman–Crippen MR) is 124 cm³/mol. The number of carbonyl (C=O) groups excluding carboxylic acids is 1. The number of nitrogens with zero attached hydrogens (tertiary/aromatic N) is 3. The normalized spacial score (nSPS) is 10.9. The zero-order valence-electron chi connectivity index (χ0n) is 18.1. The Balaban J connectivity index is 1.62. The Morgan fingerprint density at radius 3 is 2.27 bits per heavy atom. The molecule has 0 bridgehead atoms. The monoisotopic (exact) mass is 442 g/mol. The largest absolute Gasteiger partial charge is 0.497 e. The molecule has 33 heavy (non-hydrogen) atoms. The molecule has 0 radical (unpaired) electrons. The van der Waals surface area contributed by atoms with Gasteiger partial charge in [0.2, 0.25) is 0 Å². The SMILES string of the molecule is COc1ccc(/C=N/n2[nH][n+](Cc3ccccc3)c(C(=O)NCc3ccccc3)c2=O)cc1. The van der Waals surface area contributed by atoms with Crippen molar-refractivity contribution in [2.75, 3.05) is 7.11 Å². The van der Waals surface area contributed by atoms with Crippen LogP contribution in [-0.2, 0) is 13.1 Å². The van der Waals surface area contributed by atoms with Crippen LogP contribution in [0, 0.1) is 0 Å². The number of methoxy groups -OCH3 is 1. The summed E-state index contributed by atoms with van der Waals surface area (Å²) in [6.45, 7) is 0.625. The van der Waals surface area contributed by atoms with Crippen molar-refractivity contribution in [1.29, 1.82) is 0 Å². The molecule has 8 nitrogen and oxygen atoms in total. The molecule has 1 heterocycles. The van der Waals surface area contributed by atoms with E-state index in [0.717, 1.165) is 27.2 Å². The lowest BCUT2D eigenvalue weighted by Crippen LogP contribution is -2.46. The van der Waals surface area contributed by atoms with E-state index < -0.39 is 11.5 Å². The van der Waals surface area contributed by atoms with Crippen molar-refractivity contribution in [3.63, 3.8) is 0 Å². The quantitative estimate of drug-likeness (QED) is 0.324. The molecule has 0 fully saturated rings. The van der Waals surface area contributed by atoms with Gasteiger partial charge in [0.05, 0.1) is 13.3 Å². The second kappa shape index (κ2) is 10.2. The third-order valence-electron chi connectivity index (χ3n) is 5.01. The van der Waals surface area contributed by atoms with E-state index in [-0.39, 0.29) is 5.69 Å². The minimum absolute atomic E-state index is 0.0262. The first-order chi connectivity index (χ1) is 16.1.